The zero-order chi connectivity index (χ0) is 10.7. The third-order valence-electron chi connectivity index (χ3n) is 2.43. The van der Waals surface area contributed by atoms with Crippen molar-refractivity contribution in [2.75, 3.05) is 19.8 Å². The van der Waals surface area contributed by atoms with Crippen LogP contribution in [0.4, 0.5) is 0 Å². The van der Waals surface area contributed by atoms with Crippen LogP contribution in [-0.2, 0) is 4.74 Å². The molecule has 82 valence electrons. The Bertz CT molecular complexity index is 342. The first-order valence-electron chi connectivity index (χ1n) is 5.05. The van der Waals surface area contributed by atoms with Crippen molar-refractivity contribution in [2.45, 2.75) is 13.3 Å². The molecule has 1 fully saturated rings. The highest BCUT2D eigenvalue weighted by molar-refractivity contribution is 5.91. The van der Waals surface area contributed by atoms with Crippen LogP contribution in [0.2, 0.25) is 0 Å². The van der Waals surface area contributed by atoms with Gasteiger partial charge in [0.2, 0.25) is 5.76 Å². The first-order chi connectivity index (χ1) is 7.25. The highest BCUT2D eigenvalue weighted by atomic mass is 16.5. The van der Waals surface area contributed by atoms with Gasteiger partial charge in [-0.05, 0) is 13.3 Å². The Hall–Kier alpha value is -1.36. The Balaban J connectivity index is 1.81. The molecule has 1 amide bonds. The van der Waals surface area contributed by atoms with Gasteiger partial charge in [0.25, 0.3) is 5.91 Å². The zero-order valence-electron chi connectivity index (χ0n) is 8.66. The summed E-state index contributed by atoms with van der Waals surface area (Å²) in [4.78, 5) is 11.5. The largest absolute Gasteiger partial charge is 0.381 e. The summed E-state index contributed by atoms with van der Waals surface area (Å²) in [5, 5.41) is 6.46. The van der Waals surface area contributed by atoms with Crippen LogP contribution in [0.1, 0.15) is 22.7 Å². The van der Waals surface area contributed by atoms with Crippen LogP contribution in [0.5, 0.6) is 0 Å². The van der Waals surface area contributed by atoms with Crippen LogP contribution >= 0.6 is 0 Å². The number of amides is 1. The number of rotatable bonds is 3. The van der Waals surface area contributed by atoms with Crippen molar-refractivity contribution in [2.24, 2.45) is 5.92 Å². The maximum absolute atomic E-state index is 11.5. The van der Waals surface area contributed by atoms with E-state index in [-0.39, 0.29) is 11.7 Å². The number of nitrogens with zero attached hydrogens (tertiary/aromatic N) is 1. The first-order valence-corrected chi connectivity index (χ1v) is 5.05. The average Bonchev–Trinajstić information content (AvgIpc) is 2.84. The predicted molar refractivity (Wildman–Crippen MR) is 52.5 cm³/mol. The number of nitrogens with one attached hydrogen (secondary N) is 1. The van der Waals surface area contributed by atoms with Crippen LogP contribution in [0.15, 0.2) is 10.6 Å². The van der Waals surface area contributed by atoms with Crippen LogP contribution in [0.25, 0.3) is 0 Å². The van der Waals surface area contributed by atoms with Gasteiger partial charge in [0.05, 0.1) is 12.3 Å². The van der Waals surface area contributed by atoms with E-state index in [1.807, 2.05) is 0 Å². The van der Waals surface area contributed by atoms with E-state index < -0.39 is 0 Å². The van der Waals surface area contributed by atoms with Gasteiger partial charge < -0.3 is 14.6 Å². The number of aromatic nitrogens is 1. The summed E-state index contributed by atoms with van der Waals surface area (Å²) in [6.45, 7) is 3.95. The SMILES string of the molecule is Cc1cc(C(=O)NC[C@H]2CCOC2)on1. The van der Waals surface area contributed by atoms with E-state index in [1.165, 1.54) is 0 Å². The van der Waals surface area contributed by atoms with E-state index in [1.54, 1.807) is 13.0 Å². The van der Waals surface area contributed by atoms with Gasteiger partial charge in [-0.3, -0.25) is 4.79 Å². The standard InChI is InChI=1S/C10H14N2O3/c1-7-4-9(15-12-7)10(13)11-5-8-2-3-14-6-8/h4,8H,2-3,5-6H2,1H3,(H,11,13)/t8-/m1/s1. The van der Waals surface area contributed by atoms with E-state index in [4.69, 9.17) is 9.26 Å². The van der Waals surface area contributed by atoms with E-state index >= 15 is 0 Å². The molecule has 1 aliphatic heterocycles. The molecule has 1 saturated heterocycles. The number of carbonyl (C=O) groups excluding carboxylic acids is 1. The summed E-state index contributed by atoms with van der Waals surface area (Å²) in [5.74, 6) is 0.492. The molecule has 0 aromatic carbocycles. The lowest BCUT2D eigenvalue weighted by atomic mass is 10.1. The molecule has 0 unspecified atom stereocenters. The van der Waals surface area contributed by atoms with Gasteiger partial charge in [0, 0.05) is 25.1 Å². The first kappa shape index (κ1) is 10.2. The Morgan fingerprint density at radius 2 is 2.60 bits per heavy atom. The topological polar surface area (TPSA) is 64.4 Å². The van der Waals surface area contributed by atoms with Crippen molar-refractivity contribution in [1.29, 1.82) is 0 Å². The lowest BCUT2D eigenvalue weighted by Gasteiger charge is -2.07. The summed E-state index contributed by atoms with van der Waals surface area (Å²) in [5.41, 5.74) is 0.712. The minimum Gasteiger partial charge on any atom is -0.381 e. The quantitative estimate of drug-likeness (QED) is 0.799. The third-order valence-corrected chi connectivity index (χ3v) is 2.43. The smallest absolute Gasteiger partial charge is 0.289 e. The third kappa shape index (κ3) is 2.56. The van der Waals surface area contributed by atoms with E-state index in [0.29, 0.717) is 18.2 Å². The molecule has 1 N–H and O–H groups in total. The Morgan fingerprint density at radius 1 is 1.73 bits per heavy atom. The second kappa shape index (κ2) is 4.44. The molecule has 0 radical (unpaired) electrons. The molecule has 1 aromatic heterocycles. The van der Waals surface area contributed by atoms with Crippen molar-refractivity contribution >= 4 is 5.91 Å². The second-order valence-electron chi connectivity index (χ2n) is 3.77. The number of hydrogen-bond acceptors (Lipinski definition) is 4. The molecule has 1 aliphatic rings. The van der Waals surface area contributed by atoms with Crippen molar-refractivity contribution in [1.82, 2.24) is 10.5 Å². The van der Waals surface area contributed by atoms with Gasteiger partial charge in [0.1, 0.15) is 0 Å². The summed E-state index contributed by atoms with van der Waals surface area (Å²) in [6, 6.07) is 1.63. The summed E-state index contributed by atoms with van der Waals surface area (Å²) >= 11 is 0. The van der Waals surface area contributed by atoms with Gasteiger partial charge in [0.15, 0.2) is 0 Å². The number of carbonyl (C=O) groups is 1. The number of aryl methyl sites for hydroxylation is 1. The second-order valence-corrected chi connectivity index (χ2v) is 3.77. The number of ether oxygens (including phenoxy) is 1. The minimum absolute atomic E-state index is 0.206. The predicted octanol–water partition coefficient (Wildman–Crippen LogP) is 0.749. The summed E-state index contributed by atoms with van der Waals surface area (Å²) in [6.07, 6.45) is 1.01. The van der Waals surface area contributed by atoms with Gasteiger partial charge in [-0.25, -0.2) is 0 Å². The van der Waals surface area contributed by atoms with Crippen LogP contribution < -0.4 is 5.32 Å². The fourth-order valence-corrected chi connectivity index (χ4v) is 1.54. The van der Waals surface area contributed by atoms with Crippen molar-refractivity contribution in [3.05, 3.63) is 17.5 Å². The molecule has 0 spiro atoms. The zero-order valence-corrected chi connectivity index (χ0v) is 8.66. The fraction of sp³-hybridized carbons (Fsp3) is 0.600. The van der Waals surface area contributed by atoms with Crippen LogP contribution in [0.3, 0.4) is 0 Å². The molecular formula is C10H14N2O3. The van der Waals surface area contributed by atoms with Crippen molar-refractivity contribution < 1.29 is 14.1 Å². The normalized spacial score (nSPS) is 20.5. The molecule has 0 aliphatic carbocycles. The molecule has 5 heteroatoms. The Morgan fingerprint density at radius 3 is 3.20 bits per heavy atom. The highest BCUT2D eigenvalue weighted by Crippen LogP contribution is 2.11. The maximum atomic E-state index is 11.5. The molecule has 1 aromatic rings. The molecule has 2 heterocycles. The van der Waals surface area contributed by atoms with E-state index in [9.17, 15) is 4.79 Å². The van der Waals surface area contributed by atoms with Gasteiger partial charge in [-0.2, -0.15) is 0 Å². The Kier molecular flexibility index (Phi) is 3.01. The lowest BCUT2D eigenvalue weighted by molar-refractivity contribution is 0.0908. The molecule has 15 heavy (non-hydrogen) atoms. The van der Waals surface area contributed by atoms with E-state index in [2.05, 4.69) is 10.5 Å². The van der Waals surface area contributed by atoms with Crippen LogP contribution in [-0.4, -0.2) is 30.8 Å². The van der Waals surface area contributed by atoms with Crippen molar-refractivity contribution in [3.8, 4) is 0 Å². The maximum Gasteiger partial charge on any atom is 0.289 e. The number of hydrogen-bond donors (Lipinski definition) is 1. The Labute approximate surface area is 87.8 Å². The van der Waals surface area contributed by atoms with E-state index in [0.717, 1.165) is 19.6 Å². The monoisotopic (exact) mass is 210 g/mol. The molecule has 5 nitrogen and oxygen atoms in total. The average molecular weight is 210 g/mol. The minimum atomic E-state index is -0.206. The molecule has 0 saturated carbocycles. The fourth-order valence-electron chi connectivity index (χ4n) is 1.54. The van der Waals surface area contributed by atoms with Gasteiger partial charge in [-0.15, -0.1) is 0 Å². The molecule has 2 rings (SSSR count). The molecule has 0 bridgehead atoms. The summed E-state index contributed by atoms with van der Waals surface area (Å²) in [7, 11) is 0. The molecular weight excluding hydrogens is 196 g/mol. The van der Waals surface area contributed by atoms with Gasteiger partial charge >= 0.3 is 0 Å². The lowest BCUT2D eigenvalue weighted by Crippen LogP contribution is -2.29. The summed E-state index contributed by atoms with van der Waals surface area (Å²) < 4.78 is 10.1. The molecule has 1 atom stereocenters. The highest BCUT2D eigenvalue weighted by Gasteiger charge is 2.18. The van der Waals surface area contributed by atoms with Crippen LogP contribution in [0, 0.1) is 12.8 Å². The van der Waals surface area contributed by atoms with Gasteiger partial charge in [-0.1, -0.05) is 5.16 Å². The van der Waals surface area contributed by atoms with Crippen molar-refractivity contribution in [3.63, 3.8) is 0 Å².